The highest BCUT2D eigenvalue weighted by atomic mass is 16.5. The van der Waals surface area contributed by atoms with Gasteiger partial charge < -0.3 is 9.47 Å². The van der Waals surface area contributed by atoms with Crippen LogP contribution in [0.15, 0.2) is 71.8 Å². The van der Waals surface area contributed by atoms with Crippen molar-refractivity contribution in [3.05, 3.63) is 88.5 Å². The largest absolute Gasteiger partial charge is 0.459 e. The highest BCUT2D eigenvalue weighted by Crippen LogP contribution is 2.34. The van der Waals surface area contributed by atoms with Crippen molar-refractivity contribution in [1.82, 2.24) is 0 Å². The van der Waals surface area contributed by atoms with E-state index in [1.165, 1.54) is 11.1 Å². The van der Waals surface area contributed by atoms with E-state index in [9.17, 15) is 9.59 Å². The maximum atomic E-state index is 12.6. The first-order valence-electron chi connectivity index (χ1n) is 11.4. The van der Waals surface area contributed by atoms with Crippen LogP contribution in [0.5, 0.6) is 5.75 Å². The molecule has 0 bridgehead atoms. The topological polar surface area (TPSA) is 52.6 Å². The molecule has 0 atom stereocenters. The van der Waals surface area contributed by atoms with Crippen molar-refractivity contribution in [2.75, 3.05) is 0 Å². The van der Waals surface area contributed by atoms with Crippen molar-refractivity contribution in [1.29, 1.82) is 0 Å². The normalized spacial score (nSPS) is 20.7. The molecule has 0 unspecified atom stereocenters. The molecule has 0 heterocycles. The average Bonchev–Trinajstić information content (AvgIpc) is 2.82. The molecule has 2 aliphatic carbocycles. The van der Waals surface area contributed by atoms with Crippen LogP contribution < -0.4 is 4.74 Å². The molecular weight excluding hydrogens is 400 g/mol. The average molecular weight is 431 g/mol. The van der Waals surface area contributed by atoms with Crippen molar-refractivity contribution >= 4 is 11.9 Å². The molecule has 0 N–H and O–H groups in total. The molecule has 4 nitrogen and oxygen atoms in total. The maximum absolute atomic E-state index is 12.6. The lowest BCUT2D eigenvalue weighted by molar-refractivity contribution is -0.146. The van der Waals surface area contributed by atoms with Gasteiger partial charge in [0.2, 0.25) is 0 Å². The number of allylic oxidation sites excluding steroid dienone is 2. The second-order valence-corrected chi connectivity index (χ2v) is 8.88. The number of hydrogen-bond donors (Lipinski definition) is 0. The van der Waals surface area contributed by atoms with Crippen LogP contribution in [-0.2, 0) is 14.3 Å². The molecule has 0 amide bonds. The number of rotatable bonds is 5. The van der Waals surface area contributed by atoms with Gasteiger partial charge in [0.1, 0.15) is 11.9 Å². The minimum absolute atomic E-state index is 0.0259. The van der Waals surface area contributed by atoms with Crippen LogP contribution in [0.1, 0.15) is 61.1 Å². The smallest absolute Gasteiger partial charge is 0.339 e. The van der Waals surface area contributed by atoms with E-state index in [4.69, 9.17) is 9.47 Å². The first-order valence-corrected chi connectivity index (χ1v) is 11.4. The van der Waals surface area contributed by atoms with Gasteiger partial charge in [0.15, 0.2) is 0 Å². The van der Waals surface area contributed by atoms with Crippen LogP contribution in [0.25, 0.3) is 0 Å². The van der Waals surface area contributed by atoms with E-state index in [1.54, 1.807) is 24.3 Å². The van der Waals surface area contributed by atoms with Gasteiger partial charge in [-0.2, -0.15) is 0 Å². The molecule has 0 radical (unpaired) electrons. The Labute approximate surface area is 189 Å². The Morgan fingerprint density at radius 2 is 1.25 bits per heavy atom. The van der Waals surface area contributed by atoms with Gasteiger partial charge in [-0.25, -0.2) is 9.59 Å². The quantitative estimate of drug-likeness (QED) is 0.423. The van der Waals surface area contributed by atoms with E-state index in [2.05, 4.69) is 31.2 Å². The van der Waals surface area contributed by atoms with Crippen molar-refractivity contribution in [3.63, 3.8) is 0 Å². The Hall–Kier alpha value is -3.14. The SMILES string of the molecule is Cc1ccc(OC(=O)C2=CC=C(C(=O)OC3CCC(c4ccc(C)cc4)CC3)CC2)cc1. The van der Waals surface area contributed by atoms with Gasteiger partial charge in [0, 0.05) is 11.1 Å². The summed E-state index contributed by atoms with van der Waals surface area (Å²) < 4.78 is 11.2. The van der Waals surface area contributed by atoms with Crippen LogP contribution in [0.4, 0.5) is 0 Å². The fourth-order valence-electron chi connectivity index (χ4n) is 4.34. The molecule has 0 spiro atoms. The van der Waals surface area contributed by atoms with Crippen LogP contribution in [0.3, 0.4) is 0 Å². The molecule has 1 saturated carbocycles. The van der Waals surface area contributed by atoms with E-state index >= 15 is 0 Å². The second-order valence-electron chi connectivity index (χ2n) is 8.88. The molecule has 2 aliphatic rings. The zero-order valence-corrected chi connectivity index (χ0v) is 18.8. The number of esters is 2. The molecule has 4 rings (SSSR count). The van der Waals surface area contributed by atoms with E-state index in [0.717, 1.165) is 31.2 Å². The lowest BCUT2D eigenvalue weighted by Gasteiger charge is -2.29. The van der Waals surface area contributed by atoms with E-state index in [1.807, 2.05) is 19.1 Å². The second kappa shape index (κ2) is 9.99. The number of benzene rings is 2. The van der Waals surface area contributed by atoms with E-state index < -0.39 is 0 Å². The third-order valence-corrected chi connectivity index (χ3v) is 6.40. The molecule has 0 saturated heterocycles. The summed E-state index contributed by atoms with van der Waals surface area (Å²) in [6, 6.07) is 16.1. The summed E-state index contributed by atoms with van der Waals surface area (Å²) in [5.41, 5.74) is 4.96. The molecule has 32 heavy (non-hydrogen) atoms. The third-order valence-electron chi connectivity index (χ3n) is 6.40. The van der Waals surface area contributed by atoms with Gasteiger partial charge in [-0.3, -0.25) is 0 Å². The fourth-order valence-corrected chi connectivity index (χ4v) is 4.34. The molecule has 0 aliphatic heterocycles. The first kappa shape index (κ1) is 22.1. The third kappa shape index (κ3) is 5.56. The molecule has 4 heteroatoms. The zero-order valence-electron chi connectivity index (χ0n) is 18.8. The lowest BCUT2D eigenvalue weighted by Crippen LogP contribution is -2.25. The maximum Gasteiger partial charge on any atom is 0.339 e. The van der Waals surface area contributed by atoms with Gasteiger partial charge in [-0.05, 0) is 76.0 Å². The number of carbonyl (C=O) groups excluding carboxylic acids is 2. The van der Waals surface area contributed by atoms with Gasteiger partial charge in [0.05, 0.1) is 0 Å². The summed E-state index contributed by atoms with van der Waals surface area (Å²) in [4.78, 5) is 25.0. The fraction of sp³-hybridized carbons (Fsp3) is 0.357. The summed E-state index contributed by atoms with van der Waals surface area (Å²) in [6.45, 7) is 4.08. The predicted octanol–water partition coefficient (Wildman–Crippen LogP) is 6.13. The Morgan fingerprint density at radius 1 is 0.719 bits per heavy atom. The summed E-state index contributed by atoms with van der Waals surface area (Å²) in [5, 5.41) is 0. The zero-order chi connectivity index (χ0) is 22.5. The van der Waals surface area contributed by atoms with E-state index in [-0.39, 0.29) is 18.0 Å². The van der Waals surface area contributed by atoms with Crippen molar-refractivity contribution in [2.24, 2.45) is 0 Å². The summed E-state index contributed by atoms with van der Waals surface area (Å²) >= 11 is 0. The summed E-state index contributed by atoms with van der Waals surface area (Å²) in [6.07, 6.45) is 8.19. The van der Waals surface area contributed by atoms with Crippen LogP contribution >= 0.6 is 0 Å². The molecular formula is C28H30O4. The molecule has 2 aromatic rings. The Bertz CT molecular complexity index is 1020. The van der Waals surface area contributed by atoms with Crippen LogP contribution in [0, 0.1) is 13.8 Å². The molecule has 0 aromatic heterocycles. The Kier molecular flexibility index (Phi) is 6.89. The highest BCUT2D eigenvalue weighted by Gasteiger charge is 2.27. The van der Waals surface area contributed by atoms with E-state index in [0.29, 0.717) is 35.7 Å². The van der Waals surface area contributed by atoms with Crippen LogP contribution in [0.2, 0.25) is 0 Å². The van der Waals surface area contributed by atoms with Gasteiger partial charge in [0.25, 0.3) is 0 Å². The first-order chi connectivity index (χ1) is 15.5. The van der Waals surface area contributed by atoms with Crippen LogP contribution in [-0.4, -0.2) is 18.0 Å². The van der Waals surface area contributed by atoms with Gasteiger partial charge >= 0.3 is 11.9 Å². The lowest BCUT2D eigenvalue weighted by atomic mass is 9.82. The van der Waals surface area contributed by atoms with Gasteiger partial charge in [-0.1, -0.05) is 59.7 Å². The van der Waals surface area contributed by atoms with Crippen molar-refractivity contribution < 1.29 is 19.1 Å². The number of carbonyl (C=O) groups is 2. The monoisotopic (exact) mass is 430 g/mol. The molecule has 2 aromatic carbocycles. The highest BCUT2D eigenvalue weighted by molar-refractivity contribution is 5.94. The van der Waals surface area contributed by atoms with Crippen molar-refractivity contribution in [3.8, 4) is 5.75 Å². The molecule has 1 fully saturated rings. The Balaban J connectivity index is 1.27. The molecule has 166 valence electrons. The summed E-state index contributed by atoms with van der Waals surface area (Å²) in [7, 11) is 0. The predicted molar refractivity (Wildman–Crippen MR) is 124 cm³/mol. The summed E-state index contributed by atoms with van der Waals surface area (Å²) in [5.74, 6) is 0.444. The number of hydrogen-bond acceptors (Lipinski definition) is 4. The van der Waals surface area contributed by atoms with Crippen molar-refractivity contribution in [2.45, 2.75) is 64.4 Å². The minimum atomic E-state index is -0.369. The Morgan fingerprint density at radius 3 is 1.81 bits per heavy atom. The number of ether oxygens (including phenoxy) is 2. The minimum Gasteiger partial charge on any atom is -0.459 e. The number of aryl methyl sites for hydroxylation is 2. The van der Waals surface area contributed by atoms with Gasteiger partial charge in [-0.15, -0.1) is 0 Å². The standard InChI is InChI=1S/C28H30O4/c1-19-3-7-21(8-4-19)22-13-17-26(18-14-22)32-28(30)24-11-9-23(10-12-24)27(29)31-25-15-5-20(2)6-16-25/h3-9,11,15-16,22,26H,10,12-14,17-18H2,1-2H3.